The van der Waals surface area contributed by atoms with Crippen molar-refractivity contribution in [1.82, 2.24) is 19.7 Å². The van der Waals surface area contributed by atoms with Gasteiger partial charge in [-0.05, 0) is 60.2 Å². The maximum Gasteiger partial charge on any atom is 0.261 e. The van der Waals surface area contributed by atoms with Crippen molar-refractivity contribution in [2.45, 2.75) is 11.4 Å². The molecule has 6 rings (SSSR count). The molecular weight excluding hydrogens is 524 g/mol. The highest BCUT2D eigenvalue weighted by molar-refractivity contribution is 7.92. The monoisotopic (exact) mass is 543 g/mol. The molecule has 1 N–H and O–H groups in total. The number of halogens is 2. The van der Waals surface area contributed by atoms with Crippen LogP contribution < -0.4 is 4.72 Å². The van der Waals surface area contributed by atoms with Gasteiger partial charge in [0.1, 0.15) is 0 Å². The quantitative estimate of drug-likeness (QED) is 0.270. The predicted octanol–water partition coefficient (Wildman–Crippen LogP) is 5.88. The molecule has 0 unspecified atom stereocenters. The van der Waals surface area contributed by atoms with E-state index in [1.807, 2.05) is 54.9 Å². The highest BCUT2D eigenvalue weighted by Gasteiger charge is 2.17. The van der Waals surface area contributed by atoms with Crippen molar-refractivity contribution in [2.75, 3.05) is 4.72 Å². The molecule has 0 aliphatic heterocycles. The number of para-hydroxylation sites is 2. The Morgan fingerprint density at radius 1 is 0.846 bits per heavy atom. The number of anilines is 1. The van der Waals surface area contributed by atoms with E-state index in [1.165, 1.54) is 12.1 Å². The molecule has 0 bridgehead atoms. The van der Waals surface area contributed by atoms with Gasteiger partial charge >= 0.3 is 0 Å². The normalized spacial score (nSPS) is 11.6. The van der Waals surface area contributed by atoms with Crippen molar-refractivity contribution in [3.8, 4) is 22.8 Å². The second-order valence-electron chi connectivity index (χ2n) is 8.74. The molecule has 0 fully saturated rings. The molecule has 0 radical (unpaired) electrons. The van der Waals surface area contributed by atoms with Crippen molar-refractivity contribution in [1.29, 1.82) is 0 Å². The number of benzene rings is 4. The summed E-state index contributed by atoms with van der Waals surface area (Å²) in [5.41, 5.74) is 4.68. The zero-order valence-electron chi connectivity index (χ0n) is 20.1. The van der Waals surface area contributed by atoms with Gasteiger partial charge < -0.3 is 9.09 Å². The smallest absolute Gasteiger partial charge is 0.261 e. The van der Waals surface area contributed by atoms with Gasteiger partial charge in [-0.3, -0.25) is 4.72 Å². The Morgan fingerprint density at radius 3 is 2.36 bits per heavy atom. The molecule has 2 aromatic heterocycles. The summed E-state index contributed by atoms with van der Waals surface area (Å²) < 4.78 is 61.5. The van der Waals surface area contributed by atoms with Crippen molar-refractivity contribution in [3.05, 3.63) is 115 Å². The van der Waals surface area contributed by atoms with Gasteiger partial charge in [0, 0.05) is 23.4 Å². The number of hydrogen-bond donors (Lipinski definition) is 1. The van der Waals surface area contributed by atoms with Crippen LogP contribution in [0.25, 0.3) is 33.9 Å². The summed E-state index contributed by atoms with van der Waals surface area (Å²) in [5, 5.41) is 4.07. The first-order valence-electron chi connectivity index (χ1n) is 11.8. The van der Waals surface area contributed by atoms with Gasteiger partial charge in [-0.2, -0.15) is 4.98 Å². The second-order valence-corrected chi connectivity index (χ2v) is 10.4. The fourth-order valence-electron chi connectivity index (χ4n) is 4.09. The topological polar surface area (TPSA) is 103 Å². The van der Waals surface area contributed by atoms with Crippen molar-refractivity contribution in [3.63, 3.8) is 0 Å². The minimum absolute atomic E-state index is 0.226. The highest BCUT2D eigenvalue weighted by Crippen LogP contribution is 2.25. The molecule has 0 aliphatic rings. The Labute approximate surface area is 221 Å². The average molecular weight is 544 g/mol. The van der Waals surface area contributed by atoms with E-state index in [0.29, 0.717) is 24.0 Å². The second kappa shape index (κ2) is 9.76. The van der Waals surface area contributed by atoms with Crippen LogP contribution in [0.5, 0.6) is 0 Å². The zero-order valence-corrected chi connectivity index (χ0v) is 20.9. The lowest BCUT2D eigenvalue weighted by Gasteiger charge is -2.08. The maximum atomic E-state index is 13.5. The Bertz CT molecular complexity index is 1900. The van der Waals surface area contributed by atoms with Crippen LogP contribution in [0.15, 0.2) is 107 Å². The first-order valence-corrected chi connectivity index (χ1v) is 13.3. The molecule has 0 spiro atoms. The fraction of sp³-hybridized carbons (Fsp3) is 0.0357. The number of fused-ring (bicyclic) bond motifs is 1. The van der Waals surface area contributed by atoms with E-state index >= 15 is 0 Å². The number of nitrogens with one attached hydrogen (secondary N) is 1. The van der Waals surface area contributed by atoms with Crippen LogP contribution in [0.2, 0.25) is 0 Å². The molecule has 0 aliphatic carbocycles. The first kappa shape index (κ1) is 24.4. The Hall–Kier alpha value is -4.90. The summed E-state index contributed by atoms with van der Waals surface area (Å²) >= 11 is 0. The minimum Gasteiger partial charge on any atom is -0.334 e. The van der Waals surface area contributed by atoms with E-state index in [0.717, 1.165) is 34.3 Å². The molecule has 2 heterocycles. The van der Waals surface area contributed by atoms with Crippen molar-refractivity contribution < 1.29 is 21.7 Å². The lowest BCUT2D eigenvalue weighted by Crippen LogP contribution is -2.13. The summed E-state index contributed by atoms with van der Waals surface area (Å²) in [6.45, 7) is 0.671. The Balaban J connectivity index is 1.15. The van der Waals surface area contributed by atoms with E-state index < -0.39 is 26.6 Å². The molecule has 0 amide bonds. The Morgan fingerprint density at radius 2 is 1.59 bits per heavy atom. The van der Waals surface area contributed by atoms with Crippen LogP contribution in [-0.2, 0) is 16.6 Å². The minimum atomic E-state index is -4.11. The third-order valence-electron chi connectivity index (χ3n) is 6.10. The van der Waals surface area contributed by atoms with Gasteiger partial charge in [0.2, 0.25) is 5.82 Å². The number of rotatable bonds is 7. The van der Waals surface area contributed by atoms with Crippen LogP contribution in [0, 0.1) is 11.6 Å². The van der Waals surface area contributed by atoms with Crippen molar-refractivity contribution >= 4 is 26.7 Å². The summed E-state index contributed by atoms with van der Waals surface area (Å²) in [4.78, 5) is 8.49. The number of aromatic nitrogens is 4. The lowest BCUT2D eigenvalue weighted by atomic mass is 10.1. The summed E-state index contributed by atoms with van der Waals surface area (Å²) in [6.07, 6.45) is 1.82. The Kier molecular flexibility index (Phi) is 6.12. The van der Waals surface area contributed by atoms with E-state index in [2.05, 4.69) is 24.4 Å². The molecule has 4 aromatic carbocycles. The molecule has 0 saturated carbocycles. The summed E-state index contributed by atoms with van der Waals surface area (Å²) in [6, 6.07) is 24.4. The van der Waals surface area contributed by atoms with Crippen LogP contribution in [0.3, 0.4) is 0 Å². The lowest BCUT2D eigenvalue weighted by molar-refractivity contribution is 0.432. The van der Waals surface area contributed by atoms with Crippen molar-refractivity contribution in [2.24, 2.45) is 0 Å². The maximum absolute atomic E-state index is 13.5. The van der Waals surface area contributed by atoms with Gasteiger partial charge in [0.15, 0.2) is 11.6 Å². The average Bonchev–Trinajstić information content (AvgIpc) is 3.59. The third-order valence-corrected chi connectivity index (χ3v) is 7.48. The van der Waals surface area contributed by atoms with E-state index in [1.54, 1.807) is 12.1 Å². The first-order chi connectivity index (χ1) is 18.9. The number of hydrogen-bond acceptors (Lipinski definition) is 6. The molecule has 0 atom stereocenters. The largest absolute Gasteiger partial charge is 0.334 e. The molecule has 8 nitrogen and oxygen atoms in total. The van der Waals surface area contributed by atoms with Crippen LogP contribution >= 0.6 is 0 Å². The molecule has 39 heavy (non-hydrogen) atoms. The predicted molar refractivity (Wildman–Crippen MR) is 141 cm³/mol. The van der Waals surface area contributed by atoms with E-state index in [9.17, 15) is 17.2 Å². The molecule has 11 heteroatoms. The molecule has 6 aromatic rings. The number of sulfonamides is 1. The van der Waals surface area contributed by atoms with E-state index in [4.69, 9.17) is 4.52 Å². The molecule has 194 valence electrons. The zero-order chi connectivity index (χ0) is 27.0. The fourth-order valence-corrected chi connectivity index (χ4v) is 5.16. The van der Waals surface area contributed by atoms with Gasteiger partial charge in [-0.25, -0.2) is 22.2 Å². The summed E-state index contributed by atoms with van der Waals surface area (Å²) in [7, 11) is -4.11. The van der Waals surface area contributed by atoms with Crippen LogP contribution in [0.4, 0.5) is 14.5 Å². The van der Waals surface area contributed by atoms with Gasteiger partial charge in [-0.15, -0.1) is 0 Å². The van der Waals surface area contributed by atoms with E-state index in [-0.39, 0.29) is 11.6 Å². The molecule has 0 saturated heterocycles. The SMILES string of the molecule is O=S(=O)(Nc1ccc(-c2nc(-c3ccc(Cn4cnc5ccccc54)cc3)no2)cc1)c1ccc(F)c(F)c1. The summed E-state index contributed by atoms with van der Waals surface area (Å²) in [5.74, 6) is -1.71. The van der Waals surface area contributed by atoms with Crippen LogP contribution in [-0.4, -0.2) is 28.1 Å². The van der Waals surface area contributed by atoms with Gasteiger partial charge in [0.25, 0.3) is 15.9 Å². The van der Waals surface area contributed by atoms with Crippen LogP contribution in [0.1, 0.15) is 5.56 Å². The number of nitrogens with zero attached hydrogens (tertiary/aromatic N) is 4. The molecular formula is C28H19F2N5O3S. The standard InChI is InChI=1S/C28H19F2N5O3S/c29-23-14-13-22(15-24(23)30)39(36,37)34-21-11-9-20(10-12-21)28-32-27(33-38-28)19-7-5-18(6-8-19)16-35-17-31-25-3-1-2-4-26(25)35/h1-15,17,34H,16H2. The van der Waals surface area contributed by atoms with Gasteiger partial charge in [-0.1, -0.05) is 41.6 Å². The van der Waals surface area contributed by atoms with Gasteiger partial charge in [0.05, 0.1) is 22.3 Å². The highest BCUT2D eigenvalue weighted by atomic mass is 32.2. The number of imidazole rings is 1. The third kappa shape index (κ3) is 4.99.